The van der Waals surface area contributed by atoms with E-state index in [-0.39, 0.29) is 0 Å². The zero-order valence-electron chi connectivity index (χ0n) is 7.43. The van der Waals surface area contributed by atoms with Gasteiger partial charge in [0.25, 0.3) is 0 Å². The SMILES string of the molecule is CC(C)CNCc1ccc(I)o1. The molecule has 0 fully saturated rings. The molecule has 68 valence electrons. The van der Waals surface area contributed by atoms with E-state index < -0.39 is 0 Å². The van der Waals surface area contributed by atoms with Crippen LogP contribution in [0.5, 0.6) is 0 Å². The standard InChI is InChI=1S/C9H14INO/c1-7(2)5-11-6-8-3-4-9(10)12-8/h3-4,7,11H,5-6H2,1-2H3. The van der Waals surface area contributed by atoms with Crippen LogP contribution in [-0.4, -0.2) is 6.54 Å². The van der Waals surface area contributed by atoms with Gasteiger partial charge in [-0.3, -0.25) is 0 Å². The number of hydrogen-bond acceptors (Lipinski definition) is 2. The number of hydrogen-bond donors (Lipinski definition) is 1. The molecule has 0 aromatic carbocycles. The molecule has 3 heteroatoms. The maximum atomic E-state index is 5.39. The lowest BCUT2D eigenvalue weighted by atomic mass is 10.2. The van der Waals surface area contributed by atoms with Gasteiger partial charge >= 0.3 is 0 Å². The first-order valence-electron chi connectivity index (χ1n) is 4.13. The third-order valence-corrected chi connectivity index (χ3v) is 2.06. The normalized spacial score (nSPS) is 11.0. The van der Waals surface area contributed by atoms with Crippen LogP contribution < -0.4 is 5.32 Å². The van der Waals surface area contributed by atoms with E-state index in [0.717, 1.165) is 22.6 Å². The van der Waals surface area contributed by atoms with E-state index in [4.69, 9.17) is 4.42 Å². The molecule has 1 aromatic rings. The molecule has 0 aliphatic carbocycles. The van der Waals surface area contributed by atoms with Gasteiger partial charge in [-0.05, 0) is 47.2 Å². The van der Waals surface area contributed by atoms with Crippen LogP contribution in [0.4, 0.5) is 0 Å². The van der Waals surface area contributed by atoms with Crippen LogP contribution in [0.1, 0.15) is 19.6 Å². The van der Waals surface area contributed by atoms with Gasteiger partial charge in [-0.15, -0.1) is 0 Å². The summed E-state index contributed by atoms with van der Waals surface area (Å²) in [6, 6.07) is 3.99. The maximum Gasteiger partial charge on any atom is 0.164 e. The molecule has 0 unspecified atom stereocenters. The highest BCUT2D eigenvalue weighted by atomic mass is 127. The average Bonchev–Trinajstić information content (AvgIpc) is 2.35. The first kappa shape index (κ1) is 10.1. The molecule has 0 aliphatic rings. The van der Waals surface area contributed by atoms with Crippen LogP contribution in [0.25, 0.3) is 0 Å². The molecule has 0 saturated heterocycles. The summed E-state index contributed by atoms with van der Waals surface area (Å²) in [5.74, 6) is 1.71. The fraction of sp³-hybridized carbons (Fsp3) is 0.556. The summed E-state index contributed by atoms with van der Waals surface area (Å²) in [6.45, 7) is 6.26. The van der Waals surface area contributed by atoms with E-state index in [9.17, 15) is 0 Å². The van der Waals surface area contributed by atoms with E-state index in [1.807, 2.05) is 12.1 Å². The van der Waals surface area contributed by atoms with Crippen molar-refractivity contribution in [3.63, 3.8) is 0 Å². The second-order valence-electron chi connectivity index (χ2n) is 3.23. The Labute approximate surface area is 86.9 Å². The Morgan fingerprint density at radius 2 is 2.25 bits per heavy atom. The molecule has 12 heavy (non-hydrogen) atoms. The smallest absolute Gasteiger partial charge is 0.164 e. The van der Waals surface area contributed by atoms with Gasteiger partial charge in [0.05, 0.1) is 6.54 Å². The minimum Gasteiger partial charge on any atom is -0.454 e. The zero-order valence-corrected chi connectivity index (χ0v) is 9.59. The number of rotatable bonds is 4. The van der Waals surface area contributed by atoms with Crippen LogP contribution in [0, 0.1) is 9.68 Å². The van der Waals surface area contributed by atoms with Crippen molar-refractivity contribution >= 4 is 22.6 Å². The van der Waals surface area contributed by atoms with E-state index in [1.165, 1.54) is 0 Å². The predicted octanol–water partition coefficient (Wildman–Crippen LogP) is 2.63. The van der Waals surface area contributed by atoms with Gasteiger partial charge in [-0.25, -0.2) is 0 Å². The molecule has 2 nitrogen and oxygen atoms in total. The van der Waals surface area contributed by atoms with Crippen LogP contribution in [-0.2, 0) is 6.54 Å². The summed E-state index contributed by atoms with van der Waals surface area (Å²) in [7, 11) is 0. The van der Waals surface area contributed by atoms with Crippen LogP contribution in [0.15, 0.2) is 16.5 Å². The average molecular weight is 279 g/mol. The van der Waals surface area contributed by atoms with Crippen molar-refractivity contribution in [3.05, 3.63) is 21.7 Å². The zero-order chi connectivity index (χ0) is 8.97. The van der Waals surface area contributed by atoms with E-state index in [0.29, 0.717) is 5.92 Å². The van der Waals surface area contributed by atoms with Gasteiger partial charge in [0.15, 0.2) is 3.77 Å². The molecule has 0 amide bonds. The van der Waals surface area contributed by atoms with Gasteiger partial charge < -0.3 is 9.73 Å². The fourth-order valence-corrected chi connectivity index (χ4v) is 1.39. The molecule has 0 aliphatic heterocycles. The summed E-state index contributed by atoms with van der Waals surface area (Å²) in [4.78, 5) is 0. The highest BCUT2D eigenvalue weighted by Gasteiger charge is 1.98. The molecule has 0 radical (unpaired) electrons. The first-order chi connectivity index (χ1) is 5.68. The Morgan fingerprint density at radius 3 is 2.75 bits per heavy atom. The van der Waals surface area contributed by atoms with Crippen LogP contribution >= 0.6 is 22.6 Å². The Morgan fingerprint density at radius 1 is 1.50 bits per heavy atom. The largest absolute Gasteiger partial charge is 0.454 e. The van der Waals surface area contributed by atoms with Crippen molar-refractivity contribution in [1.82, 2.24) is 5.32 Å². The third kappa shape index (κ3) is 3.58. The molecule has 1 aromatic heterocycles. The Hall–Kier alpha value is -0.0300. The van der Waals surface area contributed by atoms with E-state index in [1.54, 1.807) is 0 Å². The number of nitrogens with one attached hydrogen (secondary N) is 1. The molecule has 1 rings (SSSR count). The van der Waals surface area contributed by atoms with Gasteiger partial charge in [-0.1, -0.05) is 13.8 Å². The van der Waals surface area contributed by atoms with E-state index in [2.05, 4.69) is 41.8 Å². The van der Waals surface area contributed by atoms with Crippen LogP contribution in [0.2, 0.25) is 0 Å². The Balaban J connectivity index is 2.24. The fourth-order valence-electron chi connectivity index (χ4n) is 0.931. The minimum atomic E-state index is 0.694. The van der Waals surface area contributed by atoms with Crippen molar-refractivity contribution < 1.29 is 4.42 Å². The predicted molar refractivity (Wildman–Crippen MR) is 58.0 cm³/mol. The van der Waals surface area contributed by atoms with Crippen molar-refractivity contribution in [1.29, 1.82) is 0 Å². The first-order valence-corrected chi connectivity index (χ1v) is 5.21. The monoisotopic (exact) mass is 279 g/mol. The van der Waals surface area contributed by atoms with Crippen molar-refractivity contribution in [2.45, 2.75) is 20.4 Å². The van der Waals surface area contributed by atoms with Crippen molar-refractivity contribution in [3.8, 4) is 0 Å². The summed E-state index contributed by atoms with van der Waals surface area (Å²) in [5, 5.41) is 3.32. The lowest BCUT2D eigenvalue weighted by Crippen LogP contribution is -2.18. The molecular formula is C9H14INO. The Kier molecular flexibility index (Phi) is 4.08. The minimum absolute atomic E-state index is 0.694. The summed E-state index contributed by atoms with van der Waals surface area (Å²) < 4.78 is 6.34. The quantitative estimate of drug-likeness (QED) is 0.857. The molecule has 0 saturated carbocycles. The lowest BCUT2D eigenvalue weighted by Gasteiger charge is -2.04. The second-order valence-corrected chi connectivity index (χ2v) is 4.29. The third-order valence-electron chi connectivity index (χ3n) is 1.48. The van der Waals surface area contributed by atoms with Crippen molar-refractivity contribution in [2.24, 2.45) is 5.92 Å². The topological polar surface area (TPSA) is 25.2 Å². The van der Waals surface area contributed by atoms with Gasteiger partial charge in [-0.2, -0.15) is 0 Å². The van der Waals surface area contributed by atoms with Gasteiger partial charge in [0.1, 0.15) is 5.76 Å². The molecule has 0 bridgehead atoms. The van der Waals surface area contributed by atoms with Gasteiger partial charge in [0.2, 0.25) is 0 Å². The van der Waals surface area contributed by atoms with Crippen molar-refractivity contribution in [2.75, 3.05) is 6.54 Å². The molecular weight excluding hydrogens is 265 g/mol. The van der Waals surface area contributed by atoms with E-state index >= 15 is 0 Å². The molecule has 1 heterocycles. The van der Waals surface area contributed by atoms with Crippen LogP contribution in [0.3, 0.4) is 0 Å². The van der Waals surface area contributed by atoms with Gasteiger partial charge in [0, 0.05) is 0 Å². The highest BCUT2D eigenvalue weighted by Crippen LogP contribution is 2.09. The maximum absolute atomic E-state index is 5.39. The highest BCUT2D eigenvalue weighted by molar-refractivity contribution is 14.1. The second kappa shape index (κ2) is 4.87. The molecule has 1 N–H and O–H groups in total. The molecule has 0 spiro atoms. The lowest BCUT2D eigenvalue weighted by molar-refractivity contribution is 0.449. The number of furan rings is 1. The molecule has 0 atom stereocenters. The summed E-state index contributed by atoms with van der Waals surface area (Å²) in [6.07, 6.45) is 0. The Bertz CT molecular complexity index is 232. The number of halogens is 1. The summed E-state index contributed by atoms with van der Waals surface area (Å²) >= 11 is 2.17. The summed E-state index contributed by atoms with van der Waals surface area (Å²) in [5.41, 5.74) is 0.